The maximum Gasteiger partial charge on any atom is 0.351 e. The number of nitrogens with zero attached hydrogens (tertiary/aromatic N) is 3. The van der Waals surface area contributed by atoms with Crippen molar-refractivity contribution in [2.45, 2.75) is 63.9 Å². The molecule has 1 saturated heterocycles. The highest BCUT2D eigenvalue weighted by Crippen LogP contribution is 2.45. The number of likely N-dealkylation sites (tertiary alicyclic amines) is 1. The van der Waals surface area contributed by atoms with Crippen LogP contribution in [0, 0.1) is 0 Å². The second kappa shape index (κ2) is 9.71. The van der Waals surface area contributed by atoms with Crippen LogP contribution in [0.4, 0.5) is 0 Å². The average molecular weight is 548 g/mol. The first-order valence-electron chi connectivity index (χ1n) is 13.7. The Bertz CT molecular complexity index is 1610. The number of ether oxygens (including phenoxy) is 3. The van der Waals surface area contributed by atoms with Crippen molar-refractivity contribution < 1.29 is 28.9 Å². The zero-order valence-electron chi connectivity index (χ0n) is 23.2. The number of hydrogen-bond donors (Lipinski definition) is 1. The summed E-state index contributed by atoms with van der Waals surface area (Å²) < 4.78 is 17.8. The van der Waals surface area contributed by atoms with Gasteiger partial charge in [-0.25, -0.2) is 9.78 Å². The first-order valence-corrected chi connectivity index (χ1v) is 13.7. The summed E-state index contributed by atoms with van der Waals surface area (Å²) in [6.45, 7) is 4.79. The van der Waals surface area contributed by atoms with Gasteiger partial charge < -0.3 is 28.8 Å². The van der Waals surface area contributed by atoms with Gasteiger partial charge in [-0.3, -0.25) is 9.59 Å². The Morgan fingerprint density at radius 2 is 1.95 bits per heavy atom. The highest BCUT2D eigenvalue weighted by atomic mass is 16.6. The topological polar surface area (TPSA) is 120 Å². The van der Waals surface area contributed by atoms with Crippen LogP contribution in [-0.4, -0.2) is 64.8 Å². The average Bonchev–Trinajstić information content (AvgIpc) is 3.27. The molecule has 1 fully saturated rings. The van der Waals surface area contributed by atoms with E-state index in [4.69, 9.17) is 19.2 Å². The summed E-state index contributed by atoms with van der Waals surface area (Å²) >= 11 is 0. The predicted molar refractivity (Wildman–Crippen MR) is 146 cm³/mol. The molecule has 2 atom stereocenters. The van der Waals surface area contributed by atoms with E-state index >= 15 is 0 Å². The lowest BCUT2D eigenvalue weighted by molar-refractivity contribution is -0.186. The van der Waals surface area contributed by atoms with E-state index in [2.05, 4.69) is 11.9 Å². The molecule has 10 heteroatoms. The quantitative estimate of drug-likeness (QED) is 0.385. The van der Waals surface area contributed by atoms with Gasteiger partial charge >= 0.3 is 11.9 Å². The van der Waals surface area contributed by atoms with Gasteiger partial charge in [-0.05, 0) is 75.1 Å². The summed E-state index contributed by atoms with van der Waals surface area (Å²) in [4.78, 5) is 46.0. The van der Waals surface area contributed by atoms with Crippen LogP contribution in [0.1, 0.15) is 61.3 Å². The van der Waals surface area contributed by atoms with Crippen LogP contribution in [-0.2, 0) is 37.8 Å². The largest absolute Gasteiger partial charge is 0.497 e. The maximum absolute atomic E-state index is 14.0. The third-order valence-corrected chi connectivity index (χ3v) is 8.72. The van der Waals surface area contributed by atoms with Crippen LogP contribution >= 0.6 is 0 Å². The zero-order valence-corrected chi connectivity index (χ0v) is 23.2. The van der Waals surface area contributed by atoms with Gasteiger partial charge in [-0.2, -0.15) is 0 Å². The van der Waals surface area contributed by atoms with E-state index in [9.17, 15) is 19.5 Å². The summed E-state index contributed by atoms with van der Waals surface area (Å²) in [6, 6.07) is 7.56. The molecule has 0 amide bonds. The number of hydrogen-bond acceptors (Lipinski definition) is 9. The number of piperidine rings is 1. The number of carbonyl (C=O) groups excluding carboxylic acids is 2. The molecule has 0 spiro atoms. The number of aliphatic hydroxyl groups is 1. The van der Waals surface area contributed by atoms with Crippen LogP contribution in [0.5, 0.6) is 5.75 Å². The molecule has 0 unspecified atom stereocenters. The van der Waals surface area contributed by atoms with Crippen molar-refractivity contribution in [2.75, 3.05) is 27.2 Å². The SMILES string of the molecule is CC[C@]1(O)c2cc3n(c(=O)c2COC(=O)[C@H]1OC(C)=O)Cc1c-3nc2ccc(OC)cc2c1C1CCN(C)CC1. The third kappa shape index (κ3) is 4.00. The Morgan fingerprint density at radius 3 is 2.62 bits per heavy atom. The number of methoxy groups -OCH3 is 1. The Kier molecular flexibility index (Phi) is 6.42. The summed E-state index contributed by atoms with van der Waals surface area (Å²) in [7, 11) is 3.77. The van der Waals surface area contributed by atoms with Crippen molar-refractivity contribution >= 4 is 22.8 Å². The standard InChI is InChI=1S/C30H33N3O7/c1-5-30(37)22-13-24-26-20(14-33(24)28(35)21(22)15-39-29(36)27(30)40-16(2)34)25(17-8-10-32(3)11-9-17)19-12-18(38-4)6-7-23(19)31-26/h6-7,12-13,17,27,37H,5,8-11,14-15H2,1-4H3/t27-,30+/m1/s1. The van der Waals surface area contributed by atoms with Gasteiger partial charge in [-0.1, -0.05) is 6.92 Å². The summed E-state index contributed by atoms with van der Waals surface area (Å²) in [5.74, 6) is -0.586. The van der Waals surface area contributed by atoms with Crippen molar-refractivity contribution in [3.63, 3.8) is 0 Å². The number of rotatable bonds is 4. The van der Waals surface area contributed by atoms with E-state index in [1.165, 1.54) is 5.56 Å². The molecule has 0 saturated carbocycles. The summed E-state index contributed by atoms with van der Waals surface area (Å²) in [6.07, 6.45) is 0.397. The van der Waals surface area contributed by atoms with Crippen molar-refractivity contribution in [3.05, 3.63) is 56.9 Å². The second-order valence-electron chi connectivity index (χ2n) is 11.0. The minimum atomic E-state index is -1.94. The fourth-order valence-electron chi connectivity index (χ4n) is 6.54. The molecule has 2 aromatic heterocycles. The zero-order chi connectivity index (χ0) is 28.3. The molecule has 0 aliphatic carbocycles. The predicted octanol–water partition coefficient (Wildman–Crippen LogP) is 2.83. The van der Waals surface area contributed by atoms with E-state index in [0.717, 1.165) is 55.1 Å². The second-order valence-corrected chi connectivity index (χ2v) is 11.0. The summed E-state index contributed by atoms with van der Waals surface area (Å²) in [5, 5.41) is 12.9. The van der Waals surface area contributed by atoms with E-state index < -0.39 is 23.6 Å². The van der Waals surface area contributed by atoms with Crippen molar-refractivity contribution in [1.82, 2.24) is 14.5 Å². The van der Waals surface area contributed by atoms with Gasteiger partial charge in [0, 0.05) is 23.4 Å². The lowest BCUT2D eigenvalue weighted by Crippen LogP contribution is -2.47. The van der Waals surface area contributed by atoms with Crippen molar-refractivity contribution in [2.24, 2.45) is 0 Å². The fourth-order valence-corrected chi connectivity index (χ4v) is 6.54. The Morgan fingerprint density at radius 1 is 1.20 bits per heavy atom. The normalized spacial score (nSPS) is 22.7. The molecule has 3 aromatic rings. The molecule has 1 N–H and O–H groups in total. The molecule has 5 heterocycles. The van der Waals surface area contributed by atoms with Gasteiger partial charge in [0.2, 0.25) is 6.10 Å². The molecule has 210 valence electrons. The van der Waals surface area contributed by atoms with Gasteiger partial charge in [0.15, 0.2) is 0 Å². The van der Waals surface area contributed by atoms with Crippen molar-refractivity contribution in [1.29, 1.82) is 0 Å². The van der Waals surface area contributed by atoms with Gasteiger partial charge in [-0.15, -0.1) is 0 Å². The Labute approximate surface area is 231 Å². The minimum absolute atomic E-state index is 0.0224. The van der Waals surface area contributed by atoms with Gasteiger partial charge in [0.1, 0.15) is 18.0 Å². The number of benzene rings is 1. The van der Waals surface area contributed by atoms with E-state index in [1.54, 1.807) is 24.7 Å². The van der Waals surface area contributed by atoms with Crippen LogP contribution in [0.15, 0.2) is 29.1 Å². The molecule has 10 nitrogen and oxygen atoms in total. The minimum Gasteiger partial charge on any atom is -0.497 e. The molecule has 6 rings (SSSR count). The number of aromatic nitrogens is 2. The van der Waals surface area contributed by atoms with Gasteiger partial charge in [0.25, 0.3) is 5.56 Å². The Hall–Kier alpha value is -3.76. The van der Waals surface area contributed by atoms with Crippen LogP contribution in [0.3, 0.4) is 0 Å². The number of pyridine rings is 2. The Balaban J connectivity index is 1.59. The molecule has 0 radical (unpaired) electrons. The van der Waals surface area contributed by atoms with Crippen LogP contribution < -0.4 is 10.3 Å². The molecule has 40 heavy (non-hydrogen) atoms. The van der Waals surface area contributed by atoms with Gasteiger partial charge in [0.05, 0.1) is 36.1 Å². The van der Waals surface area contributed by atoms with Crippen molar-refractivity contribution in [3.8, 4) is 17.1 Å². The van der Waals surface area contributed by atoms with E-state index in [0.29, 0.717) is 17.9 Å². The van der Waals surface area contributed by atoms with E-state index in [-0.39, 0.29) is 35.6 Å². The lowest BCUT2D eigenvalue weighted by atomic mass is 9.82. The highest BCUT2D eigenvalue weighted by molar-refractivity contribution is 5.90. The molecular weight excluding hydrogens is 514 g/mol. The summed E-state index contributed by atoms with van der Waals surface area (Å²) in [5.41, 5.74) is 2.33. The molecule has 3 aliphatic rings. The number of fused-ring (bicyclic) bond motifs is 5. The molecule has 0 bridgehead atoms. The first-order chi connectivity index (χ1) is 19.2. The maximum atomic E-state index is 14.0. The van der Waals surface area contributed by atoms with Crippen LogP contribution in [0.2, 0.25) is 0 Å². The molecular formula is C30H33N3O7. The van der Waals surface area contributed by atoms with Crippen LogP contribution in [0.25, 0.3) is 22.3 Å². The number of esters is 2. The smallest absolute Gasteiger partial charge is 0.351 e. The number of carbonyl (C=O) groups is 2. The number of cyclic esters (lactones) is 1. The fraction of sp³-hybridized carbons (Fsp3) is 0.467. The first kappa shape index (κ1) is 26.5. The lowest BCUT2D eigenvalue weighted by Gasteiger charge is -2.32. The monoisotopic (exact) mass is 547 g/mol. The molecule has 3 aliphatic heterocycles. The molecule has 1 aromatic carbocycles. The highest BCUT2D eigenvalue weighted by Gasteiger charge is 2.50. The third-order valence-electron chi connectivity index (χ3n) is 8.72. The van der Waals surface area contributed by atoms with E-state index in [1.807, 2.05) is 18.2 Å².